The minimum atomic E-state index is -1.52. The lowest BCUT2D eigenvalue weighted by Gasteiger charge is -2.33. The summed E-state index contributed by atoms with van der Waals surface area (Å²) in [6.45, 7) is 9.41. The van der Waals surface area contributed by atoms with Crippen LogP contribution in [0.25, 0.3) is 22.2 Å². The third-order valence-corrected chi connectivity index (χ3v) is 10.3. The lowest BCUT2D eigenvalue weighted by Crippen LogP contribution is -2.59. The minimum Gasteiger partial charge on any atom is -0.497 e. The molecule has 2 aliphatic rings. The number of rotatable bonds is 15. The Morgan fingerprint density at radius 3 is 2.35 bits per heavy atom. The summed E-state index contributed by atoms with van der Waals surface area (Å²) in [5.74, 6) is -0.583. The van der Waals surface area contributed by atoms with Gasteiger partial charge in [0.25, 0.3) is 0 Å². The average Bonchev–Trinajstić information content (AvgIpc) is 3.77. The third kappa shape index (κ3) is 8.90. The van der Waals surface area contributed by atoms with Crippen LogP contribution >= 0.6 is 0 Å². The summed E-state index contributed by atoms with van der Waals surface area (Å²) in [5, 5.41) is 19.2. The number of likely N-dealkylation sites (tertiary alicyclic amines) is 1. The monoisotopic (exact) mass is 779 g/mol. The normalized spacial score (nSPS) is 20.5. The number of amides is 4. The summed E-state index contributed by atoms with van der Waals surface area (Å²) < 4.78 is 23.2. The largest absolute Gasteiger partial charge is 0.497 e. The van der Waals surface area contributed by atoms with Crippen LogP contribution in [0.3, 0.4) is 0 Å². The van der Waals surface area contributed by atoms with Crippen molar-refractivity contribution in [2.75, 3.05) is 33.9 Å². The number of hydrogen-bond donors (Lipinski definition) is 4. The first kappa shape index (κ1) is 40.4. The first-order valence-electron chi connectivity index (χ1n) is 18.8. The lowest BCUT2D eigenvalue weighted by molar-refractivity contribution is -0.144. The highest BCUT2D eigenvalue weighted by atomic mass is 16.5. The third-order valence-electron chi connectivity index (χ3n) is 10.3. The summed E-state index contributed by atoms with van der Waals surface area (Å²) in [5.41, 5.74) is -0.152. The van der Waals surface area contributed by atoms with E-state index in [0.717, 1.165) is 5.56 Å². The number of carboxylic acid groups (broad SMARTS) is 1. The van der Waals surface area contributed by atoms with Gasteiger partial charge in [-0.1, -0.05) is 69.3 Å². The smallest absolute Gasteiger partial charge is 0.330 e. The number of urea groups is 1. The fraction of sp³-hybridized carbons (Fsp3) is 0.372. The van der Waals surface area contributed by atoms with E-state index in [2.05, 4.69) is 22.5 Å². The molecular formula is C43H49N5O9. The summed E-state index contributed by atoms with van der Waals surface area (Å²) in [6, 6.07) is 21.2. The number of nitrogens with one attached hydrogen (secondary N) is 3. The first-order valence-corrected chi connectivity index (χ1v) is 18.8. The molecule has 3 aromatic carbocycles. The van der Waals surface area contributed by atoms with Crippen molar-refractivity contribution in [3.05, 3.63) is 91.5 Å². The van der Waals surface area contributed by atoms with Crippen molar-refractivity contribution in [3.63, 3.8) is 0 Å². The van der Waals surface area contributed by atoms with Crippen LogP contribution in [-0.4, -0.2) is 96.4 Å². The number of carbonyl (C=O) groups is 4. The number of aromatic nitrogens is 1. The molecule has 1 aliphatic heterocycles. The Bertz CT molecular complexity index is 2140. The van der Waals surface area contributed by atoms with Gasteiger partial charge in [0.1, 0.15) is 41.8 Å². The van der Waals surface area contributed by atoms with Crippen LogP contribution in [0.15, 0.2) is 91.5 Å². The number of carboxylic acids is 1. The van der Waals surface area contributed by atoms with Crippen LogP contribution in [0.1, 0.15) is 33.6 Å². The molecule has 14 nitrogen and oxygen atoms in total. The van der Waals surface area contributed by atoms with Crippen molar-refractivity contribution in [3.8, 4) is 34.3 Å². The highest BCUT2D eigenvalue weighted by Gasteiger charge is 2.61. The van der Waals surface area contributed by atoms with Gasteiger partial charge in [-0.05, 0) is 36.1 Å². The summed E-state index contributed by atoms with van der Waals surface area (Å²) in [4.78, 5) is 60.5. The van der Waals surface area contributed by atoms with Gasteiger partial charge in [0.2, 0.25) is 11.8 Å². The molecule has 300 valence electrons. The topological polar surface area (TPSA) is 178 Å². The quantitative estimate of drug-likeness (QED) is 0.0926. The van der Waals surface area contributed by atoms with Crippen molar-refractivity contribution in [1.29, 1.82) is 0 Å². The van der Waals surface area contributed by atoms with E-state index in [0.29, 0.717) is 39.6 Å². The van der Waals surface area contributed by atoms with Crippen LogP contribution in [0, 0.1) is 11.3 Å². The number of methoxy groups -OCH3 is 2. The second kappa shape index (κ2) is 16.8. The first-order chi connectivity index (χ1) is 27.3. The number of hydrogen-bond acceptors (Lipinski definition) is 9. The molecule has 0 radical (unpaired) electrons. The molecule has 1 aromatic heterocycles. The van der Waals surface area contributed by atoms with E-state index in [1.54, 1.807) is 31.4 Å². The SMILES string of the molecule is C=C[C@@H]1C[C@]1(NC(=O)[C@@H]1C[C@@H](Oc2cc(-c3ccccc3)nc3cc(OC)ccc23)CN1C(=O)N[C@H](C(=O)NCCOc1ccccc1OC)C(C)(C)C)C(=O)O. The van der Waals surface area contributed by atoms with Crippen molar-refractivity contribution >= 4 is 34.7 Å². The predicted octanol–water partition coefficient (Wildman–Crippen LogP) is 5.21. The van der Waals surface area contributed by atoms with E-state index in [1.807, 2.05) is 75.4 Å². The zero-order valence-electron chi connectivity index (χ0n) is 32.7. The lowest BCUT2D eigenvalue weighted by atomic mass is 9.86. The molecule has 2 heterocycles. The molecule has 14 heteroatoms. The summed E-state index contributed by atoms with van der Waals surface area (Å²) in [7, 11) is 3.11. The highest BCUT2D eigenvalue weighted by Crippen LogP contribution is 2.45. The number of aliphatic carboxylic acids is 1. The number of carbonyl (C=O) groups excluding carboxylic acids is 3. The molecule has 1 aliphatic carbocycles. The number of fused-ring (bicyclic) bond motifs is 1. The Kier molecular flexibility index (Phi) is 11.9. The van der Waals surface area contributed by atoms with Crippen molar-refractivity contribution in [1.82, 2.24) is 25.8 Å². The van der Waals surface area contributed by atoms with Gasteiger partial charge in [0, 0.05) is 35.4 Å². The molecule has 4 aromatic rings. The van der Waals surface area contributed by atoms with E-state index in [-0.39, 0.29) is 32.5 Å². The van der Waals surface area contributed by atoms with Crippen LogP contribution in [0.4, 0.5) is 4.79 Å². The Labute approximate surface area is 331 Å². The molecule has 4 N–H and O–H groups in total. The van der Waals surface area contributed by atoms with E-state index >= 15 is 0 Å². The van der Waals surface area contributed by atoms with Gasteiger partial charge in [-0.15, -0.1) is 6.58 Å². The number of benzene rings is 3. The molecule has 2 fully saturated rings. The maximum absolute atomic E-state index is 14.3. The minimum absolute atomic E-state index is 0.0409. The number of nitrogens with zero attached hydrogens (tertiary/aromatic N) is 2. The van der Waals surface area contributed by atoms with Crippen LogP contribution in [0.5, 0.6) is 23.0 Å². The van der Waals surface area contributed by atoms with Crippen LogP contribution < -0.4 is 34.9 Å². The van der Waals surface area contributed by atoms with Gasteiger partial charge in [0.15, 0.2) is 11.5 Å². The molecule has 1 saturated carbocycles. The molecule has 0 unspecified atom stereocenters. The van der Waals surface area contributed by atoms with Crippen molar-refractivity contribution < 1.29 is 43.2 Å². The fourth-order valence-electron chi connectivity index (χ4n) is 7.07. The molecule has 0 bridgehead atoms. The standard InChI is InChI=1S/C43H49N5O9/c1-7-27-24-43(27,40(51)52)47-38(49)33-22-29(57-36-23-31(26-13-9-8-10-14-26)45-32-21-28(54-5)17-18-30(32)36)25-48(33)41(53)46-37(42(2,3)4)39(50)44-19-20-56-35-16-12-11-15-34(35)55-6/h7-18,21,23,27,29,33,37H,1,19-20,22,24-25H2,2-6H3,(H,44,50)(H,46,53)(H,47,49)(H,51,52)/t27-,29-,33+,37-,43-/m1/s1. The van der Waals surface area contributed by atoms with E-state index in [1.165, 1.54) is 18.1 Å². The van der Waals surface area contributed by atoms with Gasteiger partial charge >= 0.3 is 12.0 Å². The Morgan fingerprint density at radius 2 is 1.70 bits per heavy atom. The summed E-state index contributed by atoms with van der Waals surface area (Å²) >= 11 is 0. The molecule has 1 saturated heterocycles. The van der Waals surface area contributed by atoms with E-state index in [9.17, 15) is 24.3 Å². The van der Waals surface area contributed by atoms with Gasteiger partial charge in [0.05, 0.1) is 38.5 Å². The zero-order chi connectivity index (χ0) is 40.9. The number of ether oxygens (including phenoxy) is 4. The predicted molar refractivity (Wildman–Crippen MR) is 213 cm³/mol. The van der Waals surface area contributed by atoms with Crippen LogP contribution in [-0.2, 0) is 14.4 Å². The molecule has 0 spiro atoms. The van der Waals surface area contributed by atoms with Crippen molar-refractivity contribution in [2.24, 2.45) is 11.3 Å². The highest BCUT2D eigenvalue weighted by molar-refractivity contribution is 5.95. The van der Waals surface area contributed by atoms with Crippen LogP contribution in [0.2, 0.25) is 0 Å². The molecule has 5 atom stereocenters. The Morgan fingerprint density at radius 1 is 0.982 bits per heavy atom. The van der Waals surface area contributed by atoms with Gasteiger partial charge < -0.3 is 44.9 Å². The number of para-hydroxylation sites is 2. The second-order valence-electron chi connectivity index (χ2n) is 15.2. The van der Waals surface area contributed by atoms with Gasteiger partial charge in [-0.2, -0.15) is 0 Å². The second-order valence-corrected chi connectivity index (χ2v) is 15.2. The zero-order valence-corrected chi connectivity index (χ0v) is 32.7. The van der Waals surface area contributed by atoms with Gasteiger partial charge in [-0.3, -0.25) is 9.59 Å². The van der Waals surface area contributed by atoms with Gasteiger partial charge in [-0.25, -0.2) is 14.6 Å². The number of pyridine rings is 1. The van der Waals surface area contributed by atoms with Crippen molar-refractivity contribution in [2.45, 2.75) is 57.3 Å². The molecular weight excluding hydrogens is 730 g/mol. The Balaban J connectivity index is 1.24. The molecule has 4 amide bonds. The molecule has 57 heavy (non-hydrogen) atoms. The average molecular weight is 780 g/mol. The fourth-order valence-corrected chi connectivity index (χ4v) is 7.07. The maximum Gasteiger partial charge on any atom is 0.330 e. The maximum atomic E-state index is 14.3. The van der Waals surface area contributed by atoms with E-state index in [4.69, 9.17) is 23.9 Å². The van der Waals surface area contributed by atoms with E-state index < -0.39 is 58.9 Å². The summed E-state index contributed by atoms with van der Waals surface area (Å²) in [6.07, 6.45) is 1.02. The Hall–Kier alpha value is -6.31. The molecule has 6 rings (SSSR count).